The second-order valence-corrected chi connectivity index (χ2v) is 8.07. The Labute approximate surface area is 150 Å². The maximum Gasteiger partial charge on any atom is 0.242 e. The van der Waals surface area contributed by atoms with Gasteiger partial charge in [0.25, 0.3) is 0 Å². The van der Waals surface area contributed by atoms with Crippen molar-refractivity contribution in [3.8, 4) is 11.5 Å². The van der Waals surface area contributed by atoms with Crippen molar-refractivity contribution in [2.24, 2.45) is 0 Å². The minimum atomic E-state index is -3.86. The third-order valence-corrected chi connectivity index (χ3v) is 6.10. The zero-order valence-corrected chi connectivity index (χ0v) is 15.1. The predicted octanol–water partition coefficient (Wildman–Crippen LogP) is 1.82. The highest BCUT2D eigenvalue weighted by molar-refractivity contribution is 7.89. The zero-order valence-electron chi connectivity index (χ0n) is 13.5. The van der Waals surface area contributed by atoms with Crippen molar-refractivity contribution in [3.63, 3.8) is 0 Å². The summed E-state index contributed by atoms with van der Waals surface area (Å²) in [6.45, 7) is 3.30. The van der Waals surface area contributed by atoms with E-state index in [-0.39, 0.29) is 9.92 Å². The lowest BCUT2D eigenvalue weighted by Crippen LogP contribution is -2.33. The highest BCUT2D eigenvalue weighted by Crippen LogP contribution is 2.38. The summed E-state index contributed by atoms with van der Waals surface area (Å²) in [5.41, 5.74) is 0. The number of hydrogen-bond donors (Lipinski definition) is 1. The Balaban J connectivity index is 1.67. The number of rotatable bonds is 3. The van der Waals surface area contributed by atoms with Gasteiger partial charge in [0.05, 0.1) is 11.1 Å². The monoisotopic (exact) mass is 384 g/mol. The van der Waals surface area contributed by atoms with Crippen LogP contribution in [0.4, 0.5) is 0 Å². The van der Waals surface area contributed by atoms with E-state index in [1.54, 1.807) is 11.6 Å². The lowest BCUT2D eigenvalue weighted by atomic mass is 10.1. The molecule has 0 unspecified atom stereocenters. The van der Waals surface area contributed by atoms with Crippen molar-refractivity contribution in [2.45, 2.75) is 37.2 Å². The highest BCUT2D eigenvalue weighted by atomic mass is 35.5. The molecule has 0 saturated heterocycles. The summed E-state index contributed by atoms with van der Waals surface area (Å²) in [5, 5.41) is 4.38. The normalized spacial score (nSPS) is 19.5. The fraction of sp³-hybridized carbons (Fsp3) is 0.467. The van der Waals surface area contributed by atoms with Gasteiger partial charge in [0.2, 0.25) is 10.0 Å². The van der Waals surface area contributed by atoms with Gasteiger partial charge < -0.3 is 9.47 Å². The fourth-order valence-electron chi connectivity index (χ4n) is 3.08. The van der Waals surface area contributed by atoms with Gasteiger partial charge in [0, 0.05) is 18.7 Å². The van der Waals surface area contributed by atoms with Crippen molar-refractivity contribution in [3.05, 3.63) is 28.8 Å². The van der Waals surface area contributed by atoms with Crippen LogP contribution in [-0.2, 0) is 16.6 Å². The molecule has 1 aromatic carbocycles. The number of nitrogens with one attached hydrogen (secondary N) is 1. The Hall–Kier alpha value is -1.84. The van der Waals surface area contributed by atoms with E-state index < -0.39 is 16.1 Å². The summed E-state index contributed by atoms with van der Waals surface area (Å²) in [7, 11) is -3.86. The van der Waals surface area contributed by atoms with Crippen molar-refractivity contribution in [1.82, 2.24) is 19.5 Å². The molecule has 2 aliphatic rings. The lowest BCUT2D eigenvalue weighted by Gasteiger charge is -2.24. The number of hydrogen-bond acceptors (Lipinski definition) is 6. The number of aryl methyl sites for hydroxylation is 2. The molecule has 10 heteroatoms. The first kappa shape index (κ1) is 16.6. The van der Waals surface area contributed by atoms with E-state index in [1.165, 1.54) is 12.1 Å². The van der Waals surface area contributed by atoms with Gasteiger partial charge in [0.1, 0.15) is 29.8 Å². The molecule has 0 amide bonds. The summed E-state index contributed by atoms with van der Waals surface area (Å²) in [5.74, 6) is 2.07. The number of halogens is 1. The minimum absolute atomic E-state index is 0.0354. The summed E-state index contributed by atoms with van der Waals surface area (Å²) in [6.07, 6.45) is 1.47. The number of fused-ring (bicyclic) bond motifs is 2. The molecule has 1 N–H and O–H groups in total. The molecule has 0 radical (unpaired) electrons. The molecule has 4 rings (SSSR count). The topological polar surface area (TPSA) is 95.3 Å². The van der Waals surface area contributed by atoms with Gasteiger partial charge in [0.15, 0.2) is 11.5 Å². The summed E-state index contributed by atoms with van der Waals surface area (Å²) >= 11 is 6.18. The van der Waals surface area contributed by atoms with Crippen molar-refractivity contribution >= 4 is 21.6 Å². The smallest absolute Gasteiger partial charge is 0.242 e. The van der Waals surface area contributed by atoms with Crippen LogP contribution < -0.4 is 14.2 Å². The van der Waals surface area contributed by atoms with Crippen molar-refractivity contribution in [2.75, 3.05) is 13.2 Å². The molecule has 1 atom stereocenters. The van der Waals surface area contributed by atoms with Crippen LogP contribution in [0, 0.1) is 6.92 Å². The summed E-state index contributed by atoms with van der Waals surface area (Å²) in [4.78, 5) is 4.31. The first-order valence-corrected chi connectivity index (χ1v) is 9.83. The van der Waals surface area contributed by atoms with Crippen LogP contribution >= 0.6 is 11.6 Å². The van der Waals surface area contributed by atoms with Crippen LogP contribution in [0.25, 0.3) is 0 Å². The van der Waals surface area contributed by atoms with Crippen LogP contribution in [0.2, 0.25) is 5.02 Å². The van der Waals surface area contributed by atoms with E-state index in [9.17, 15) is 8.42 Å². The van der Waals surface area contributed by atoms with Crippen LogP contribution in [0.1, 0.15) is 30.5 Å². The quantitative estimate of drug-likeness (QED) is 0.867. The van der Waals surface area contributed by atoms with Crippen molar-refractivity contribution in [1.29, 1.82) is 0 Å². The van der Waals surface area contributed by atoms with Gasteiger partial charge >= 0.3 is 0 Å². The van der Waals surface area contributed by atoms with E-state index in [2.05, 4.69) is 14.8 Å². The first-order chi connectivity index (χ1) is 11.9. The Morgan fingerprint density at radius 1 is 1.28 bits per heavy atom. The molecule has 0 aliphatic carbocycles. The van der Waals surface area contributed by atoms with Gasteiger partial charge in [-0.05, 0) is 19.8 Å². The van der Waals surface area contributed by atoms with E-state index in [0.29, 0.717) is 42.8 Å². The van der Waals surface area contributed by atoms with Gasteiger partial charge in [-0.25, -0.2) is 22.8 Å². The molecule has 2 aromatic rings. The molecular weight excluding hydrogens is 368 g/mol. The third-order valence-electron chi connectivity index (χ3n) is 4.16. The number of benzene rings is 1. The standard InChI is InChI=1S/C15H17ClN4O4S/c1-9-17-15-11(3-2-4-20(15)18-9)19-25(21,22)14-8-13-12(7-10(14)16)23-5-6-24-13/h7-8,11,19H,2-6H2,1H3/t11-/m1/s1. The molecular formula is C15H17ClN4O4S. The maximum atomic E-state index is 12.9. The first-order valence-electron chi connectivity index (χ1n) is 7.97. The zero-order chi connectivity index (χ0) is 17.6. The van der Waals surface area contributed by atoms with Crippen LogP contribution in [0.3, 0.4) is 0 Å². The Morgan fingerprint density at radius 2 is 2.00 bits per heavy atom. The average molecular weight is 385 g/mol. The molecule has 0 bridgehead atoms. The minimum Gasteiger partial charge on any atom is -0.486 e. The molecule has 134 valence electrons. The average Bonchev–Trinajstić information content (AvgIpc) is 2.95. The van der Waals surface area contributed by atoms with Crippen LogP contribution in [0.15, 0.2) is 17.0 Å². The molecule has 0 saturated carbocycles. The molecule has 0 spiro atoms. The van der Waals surface area contributed by atoms with Gasteiger partial charge in [-0.1, -0.05) is 11.6 Å². The molecule has 0 fully saturated rings. The van der Waals surface area contributed by atoms with Gasteiger partial charge in [-0.2, -0.15) is 5.10 Å². The van der Waals surface area contributed by atoms with Crippen molar-refractivity contribution < 1.29 is 17.9 Å². The van der Waals surface area contributed by atoms with E-state index in [0.717, 1.165) is 13.0 Å². The summed E-state index contributed by atoms with van der Waals surface area (Å²) < 4.78 is 41.1. The Morgan fingerprint density at radius 3 is 2.76 bits per heavy atom. The van der Waals surface area contributed by atoms with Gasteiger partial charge in [-0.3, -0.25) is 0 Å². The Kier molecular flexibility index (Phi) is 4.09. The largest absolute Gasteiger partial charge is 0.486 e. The molecule has 1 aromatic heterocycles. The third kappa shape index (κ3) is 3.07. The number of nitrogens with zero attached hydrogens (tertiary/aromatic N) is 3. The number of sulfonamides is 1. The second kappa shape index (κ2) is 6.15. The van der Waals surface area contributed by atoms with Gasteiger partial charge in [-0.15, -0.1) is 0 Å². The van der Waals surface area contributed by atoms with Crippen LogP contribution in [0.5, 0.6) is 11.5 Å². The lowest BCUT2D eigenvalue weighted by molar-refractivity contribution is 0.171. The second-order valence-electron chi connectivity index (χ2n) is 5.98. The number of aromatic nitrogens is 3. The highest BCUT2D eigenvalue weighted by Gasteiger charge is 2.30. The SMILES string of the molecule is Cc1nc2n(n1)CCC[C@H]2NS(=O)(=O)c1cc2c(cc1Cl)OCCO2. The summed E-state index contributed by atoms with van der Waals surface area (Å²) in [6, 6.07) is 2.43. The van der Waals surface area contributed by atoms with E-state index in [4.69, 9.17) is 21.1 Å². The molecule has 8 nitrogen and oxygen atoms in total. The van der Waals surface area contributed by atoms with Crippen LogP contribution in [-0.4, -0.2) is 36.4 Å². The maximum absolute atomic E-state index is 12.9. The Bertz CT molecular complexity index is 928. The van der Waals surface area contributed by atoms with E-state index in [1.807, 2.05) is 0 Å². The number of ether oxygens (including phenoxy) is 2. The fourth-order valence-corrected chi connectivity index (χ4v) is 4.84. The molecule has 2 aliphatic heterocycles. The molecule has 25 heavy (non-hydrogen) atoms. The predicted molar refractivity (Wildman–Crippen MR) is 89.5 cm³/mol. The van der Waals surface area contributed by atoms with E-state index >= 15 is 0 Å². The molecule has 3 heterocycles.